The van der Waals surface area contributed by atoms with E-state index in [0.29, 0.717) is 36.4 Å². The molecule has 1 atom stereocenters. The van der Waals surface area contributed by atoms with Gasteiger partial charge in [-0.2, -0.15) is 5.10 Å². The van der Waals surface area contributed by atoms with Crippen molar-refractivity contribution in [2.24, 2.45) is 0 Å². The predicted molar refractivity (Wildman–Crippen MR) is 106 cm³/mol. The zero-order chi connectivity index (χ0) is 20.9. The maximum Gasteiger partial charge on any atom is 0.272 e. The first-order valence-corrected chi connectivity index (χ1v) is 9.90. The Hall–Kier alpha value is -2.75. The van der Waals surface area contributed by atoms with Gasteiger partial charge in [-0.05, 0) is 43.5 Å². The molecule has 0 radical (unpaired) electrons. The number of hydrogen-bond donors (Lipinski definition) is 3. The van der Waals surface area contributed by atoms with E-state index in [0.717, 1.165) is 0 Å². The quantitative estimate of drug-likeness (QED) is 0.494. The highest BCUT2D eigenvalue weighted by molar-refractivity contribution is 6.30. The fraction of sp³-hybridized carbons (Fsp3) is 0.350. The Bertz CT molecular complexity index is 1120. The number of aliphatic hydroxyl groups excluding tert-OH is 1. The zero-order valence-corrected chi connectivity index (χ0v) is 16.6. The van der Waals surface area contributed by atoms with Crippen molar-refractivity contribution in [1.82, 2.24) is 25.2 Å². The van der Waals surface area contributed by atoms with Crippen molar-refractivity contribution in [2.45, 2.75) is 36.6 Å². The van der Waals surface area contributed by atoms with Crippen molar-refractivity contribution >= 4 is 23.2 Å². The lowest BCUT2D eigenvalue weighted by Crippen LogP contribution is -2.84. The number of imidazole rings is 1. The first kappa shape index (κ1) is 19.2. The Balaban J connectivity index is 1.12. The molecule has 0 saturated heterocycles. The van der Waals surface area contributed by atoms with Gasteiger partial charge < -0.3 is 15.2 Å². The van der Waals surface area contributed by atoms with E-state index in [9.17, 15) is 14.3 Å². The SMILES string of the molecule is O=C(NC12CC(NC(O)COc3ccc(Cl)c(F)c3)(C1)C2)c1cnc2cccnn12. The number of rotatable bonds is 7. The highest BCUT2D eigenvalue weighted by Gasteiger charge is 2.69. The summed E-state index contributed by atoms with van der Waals surface area (Å²) in [6.07, 6.45) is 4.33. The van der Waals surface area contributed by atoms with Gasteiger partial charge in [0.2, 0.25) is 0 Å². The lowest BCUT2D eigenvalue weighted by Gasteiger charge is -2.71. The van der Waals surface area contributed by atoms with Gasteiger partial charge in [0.05, 0.1) is 11.2 Å². The summed E-state index contributed by atoms with van der Waals surface area (Å²) >= 11 is 5.64. The molecule has 2 heterocycles. The van der Waals surface area contributed by atoms with Crippen LogP contribution in [0.15, 0.2) is 42.7 Å². The van der Waals surface area contributed by atoms with Crippen molar-refractivity contribution < 1.29 is 19.0 Å². The molecule has 1 aromatic carbocycles. The number of benzene rings is 1. The summed E-state index contributed by atoms with van der Waals surface area (Å²) in [6.45, 7) is -0.0321. The third kappa shape index (κ3) is 3.28. The van der Waals surface area contributed by atoms with E-state index >= 15 is 0 Å². The highest BCUT2D eigenvalue weighted by atomic mass is 35.5. The number of nitrogens with zero attached hydrogens (tertiary/aromatic N) is 3. The van der Waals surface area contributed by atoms with E-state index in [-0.39, 0.29) is 28.6 Å². The largest absolute Gasteiger partial charge is 0.489 e. The van der Waals surface area contributed by atoms with Crippen LogP contribution in [0.4, 0.5) is 4.39 Å². The van der Waals surface area contributed by atoms with Gasteiger partial charge in [0.25, 0.3) is 5.91 Å². The summed E-state index contributed by atoms with van der Waals surface area (Å²) in [7, 11) is 0. The molecule has 3 N–H and O–H groups in total. The molecule has 2 aromatic heterocycles. The molecule has 0 aliphatic heterocycles. The second-order valence-corrected chi connectivity index (χ2v) is 8.44. The minimum absolute atomic E-state index is 0.0157. The lowest BCUT2D eigenvalue weighted by atomic mass is 9.44. The van der Waals surface area contributed by atoms with E-state index in [1.165, 1.54) is 22.8 Å². The maximum atomic E-state index is 13.4. The Morgan fingerprint density at radius 3 is 2.90 bits per heavy atom. The van der Waals surface area contributed by atoms with Crippen LogP contribution in [0.1, 0.15) is 29.8 Å². The third-order valence-corrected chi connectivity index (χ3v) is 6.00. The van der Waals surface area contributed by atoms with Crippen LogP contribution in [0.2, 0.25) is 5.02 Å². The molecule has 10 heteroatoms. The van der Waals surface area contributed by atoms with Gasteiger partial charge in [-0.25, -0.2) is 13.9 Å². The number of amides is 1. The first-order valence-electron chi connectivity index (χ1n) is 9.52. The van der Waals surface area contributed by atoms with Crippen LogP contribution in [-0.2, 0) is 0 Å². The molecule has 6 rings (SSSR count). The molecule has 1 amide bonds. The summed E-state index contributed by atoms with van der Waals surface area (Å²) in [5.41, 5.74) is 0.505. The van der Waals surface area contributed by atoms with Crippen molar-refractivity contribution in [3.05, 3.63) is 59.3 Å². The molecule has 0 spiro atoms. The summed E-state index contributed by atoms with van der Waals surface area (Å²) in [5, 5.41) is 20.6. The molecule has 3 aliphatic rings. The summed E-state index contributed by atoms with van der Waals surface area (Å²) in [6, 6.07) is 7.66. The Morgan fingerprint density at radius 2 is 2.13 bits per heavy atom. The smallest absolute Gasteiger partial charge is 0.272 e. The average Bonchev–Trinajstić information content (AvgIpc) is 3.10. The lowest BCUT2D eigenvalue weighted by molar-refractivity contribution is -0.127. The molecule has 3 aliphatic carbocycles. The van der Waals surface area contributed by atoms with Gasteiger partial charge in [0.1, 0.15) is 30.1 Å². The van der Waals surface area contributed by atoms with Crippen LogP contribution < -0.4 is 15.4 Å². The molecule has 3 aromatic rings. The second-order valence-electron chi connectivity index (χ2n) is 8.03. The molecule has 3 saturated carbocycles. The summed E-state index contributed by atoms with van der Waals surface area (Å²) in [5.74, 6) is -0.501. The molecule has 30 heavy (non-hydrogen) atoms. The van der Waals surface area contributed by atoms with Gasteiger partial charge in [0, 0.05) is 23.3 Å². The molecular weight excluding hydrogens is 413 g/mol. The fourth-order valence-corrected chi connectivity index (χ4v) is 4.62. The number of aromatic nitrogens is 3. The fourth-order valence-electron chi connectivity index (χ4n) is 4.50. The number of nitrogens with one attached hydrogen (secondary N) is 2. The van der Waals surface area contributed by atoms with Crippen LogP contribution in [0.25, 0.3) is 5.65 Å². The number of carbonyl (C=O) groups excluding carboxylic acids is 1. The topological polar surface area (TPSA) is 101 Å². The number of carbonyl (C=O) groups is 1. The van der Waals surface area contributed by atoms with Gasteiger partial charge in [-0.15, -0.1) is 0 Å². The molecule has 1 unspecified atom stereocenters. The molecule has 3 fully saturated rings. The minimum Gasteiger partial charge on any atom is -0.489 e. The van der Waals surface area contributed by atoms with E-state index in [2.05, 4.69) is 20.7 Å². The average molecular weight is 432 g/mol. The van der Waals surface area contributed by atoms with E-state index in [1.807, 2.05) is 0 Å². The van der Waals surface area contributed by atoms with Crippen LogP contribution in [0.5, 0.6) is 5.75 Å². The van der Waals surface area contributed by atoms with Gasteiger partial charge in [-0.3, -0.25) is 10.1 Å². The first-order chi connectivity index (χ1) is 14.4. The number of ether oxygens (including phenoxy) is 1. The van der Waals surface area contributed by atoms with Gasteiger partial charge >= 0.3 is 0 Å². The van der Waals surface area contributed by atoms with E-state index in [1.54, 1.807) is 24.4 Å². The maximum absolute atomic E-state index is 13.4. The van der Waals surface area contributed by atoms with Crippen LogP contribution >= 0.6 is 11.6 Å². The third-order valence-electron chi connectivity index (χ3n) is 5.69. The van der Waals surface area contributed by atoms with Crippen molar-refractivity contribution in [3.63, 3.8) is 0 Å². The molecule has 156 valence electrons. The second kappa shape index (κ2) is 6.90. The summed E-state index contributed by atoms with van der Waals surface area (Å²) < 4.78 is 20.4. The molecule has 2 bridgehead atoms. The monoisotopic (exact) mass is 431 g/mol. The minimum atomic E-state index is -0.916. The Morgan fingerprint density at radius 1 is 1.33 bits per heavy atom. The van der Waals surface area contributed by atoms with Gasteiger partial charge in [-0.1, -0.05) is 11.6 Å². The molecule has 8 nitrogen and oxygen atoms in total. The molecular formula is C20H19ClFN5O3. The highest BCUT2D eigenvalue weighted by Crippen LogP contribution is 2.60. The van der Waals surface area contributed by atoms with E-state index in [4.69, 9.17) is 16.3 Å². The number of aliphatic hydroxyl groups is 1. The predicted octanol–water partition coefficient (Wildman–Crippen LogP) is 1.91. The van der Waals surface area contributed by atoms with Crippen LogP contribution in [-0.4, -0.2) is 49.5 Å². The van der Waals surface area contributed by atoms with Crippen molar-refractivity contribution in [3.8, 4) is 5.75 Å². The number of fused-ring (bicyclic) bond motifs is 1. The van der Waals surface area contributed by atoms with Gasteiger partial charge in [0.15, 0.2) is 5.65 Å². The normalized spacial score (nSPS) is 25.3. The van der Waals surface area contributed by atoms with Crippen molar-refractivity contribution in [1.29, 1.82) is 0 Å². The Kier molecular flexibility index (Phi) is 4.42. The van der Waals surface area contributed by atoms with Crippen LogP contribution in [0, 0.1) is 5.82 Å². The summed E-state index contributed by atoms with van der Waals surface area (Å²) in [4.78, 5) is 16.8. The van der Waals surface area contributed by atoms with Crippen LogP contribution in [0.3, 0.4) is 0 Å². The Labute approximate surface area is 176 Å². The standard InChI is InChI=1S/C20H19ClFN5O3/c21-13-4-3-12(6-14(13)22)30-8-17(28)25-19-9-20(10-19,11-19)26-18(29)15-7-23-16-2-1-5-24-27(15)16/h1-7,17,25,28H,8-11H2,(H,26,29). The number of hydrogen-bond acceptors (Lipinski definition) is 6. The zero-order valence-electron chi connectivity index (χ0n) is 15.8. The van der Waals surface area contributed by atoms with Crippen molar-refractivity contribution in [2.75, 3.05) is 6.61 Å². The van der Waals surface area contributed by atoms with E-state index < -0.39 is 12.0 Å². The number of halogens is 2.